The molecule has 0 aliphatic rings. The van der Waals surface area contributed by atoms with Crippen molar-refractivity contribution in [1.82, 2.24) is 0 Å². The molecule has 0 amide bonds. The van der Waals surface area contributed by atoms with Crippen molar-refractivity contribution in [3.05, 3.63) is 12.2 Å². The fourth-order valence-corrected chi connectivity index (χ4v) is 10.4. The third-order valence-electron chi connectivity index (χ3n) is 15.3. The second-order valence-electron chi connectivity index (χ2n) is 22.6. The molecule has 0 radical (unpaired) electrons. The van der Waals surface area contributed by atoms with E-state index in [0.717, 1.165) is 38.5 Å². The van der Waals surface area contributed by atoms with E-state index in [4.69, 9.17) is 9.47 Å². The highest BCUT2D eigenvalue weighted by molar-refractivity contribution is 5.70. The van der Waals surface area contributed by atoms with Crippen molar-refractivity contribution in [1.29, 1.82) is 0 Å². The van der Waals surface area contributed by atoms with E-state index in [1.54, 1.807) is 0 Å². The van der Waals surface area contributed by atoms with Crippen LogP contribution in [0.25, 0.3) is 0 Å². The van der Waals surface area contributed by atoms with Gasteiger partial charge in [-0.3, -0.25) is 9.59 Å². The third-order valence-corrected chi connectivity index (χ3v) is 15.3. The number of carbonyl (C=O) groups excluding carboxylic acids is 2. The van der Waals surface area contributed by atoms with Gasteiger partial charge in [0.15, 0.2) is 6.10 Å². The van der Waals surface area contributed by atoms with Crippen LogP contribution >= 0.6 is 0 Å². The molecular formula is C66H128O5. The van der Waals surface area contributed by atoms with Gasteiger partial charge in [0, 0.05) is 12.8 Å². The van der Waals surface area contributed by atoms with Crippen molar-refractivity contribution < 1.29 is 24.2 Å². The largest absolute Gasteiger partial charge is 0.462 e. The summed E-state index contributed by atoms with van der Waals surface area (Å²) in [6.45, 7) is 4.19. The van der Waals surface area contributed by atoms with Crippen molar-refractivity contribution in [2.45, 2.75) is 386 Å². The van der Waals surface area contributed by atoms with Crippen LogP contribution in [-0.4, -0.2) is 36.4 Å². The zero-order valence-corrected chi connectivity index (χ0v) is 48.5. The van der Waals surface area contributed by atoms with Gasteiger partial charge in [0.25, 0.3) is 0 Å². The summed E-state index contributed by atoms with van der Waals surface area (Å²) in [5.74, 6) is -0.579. The number of hydrogen-bond donors (Lipinski definition) is 1. The minimum atomic E-state index is -0.772. The molecule has 0 aromatic carbocycles. The summed E-state index contributed by atoms with van der Waals surface area (Å²) in [6, 6.07) is 0. The van der Waals surface area contributed by atoms with Crippen molar-refractivity contribution in [2.24, 2.45) is 0 Å². The van der Waals surface area contributed by atoms with E-state index in [0.29, 0.717) is 12.8 Å². The quantitative estimate of drug-likeness (QED) is 0.0373. The Labute approximate surface area is 445 Å². The van der Waals surface area contributed by atoms with E-state index in [1.807, 2.05) is 0 Å². The van der Waals surface area contributed by atoms with Crippen LogP contribution in [0.2, 0.25) is 0 Å². The number of aliphatic hydroxyl groups is 1. The number of hydrogen-bond acceptors (Lipinski definition) is 5. The molecule has 0 saturated carbocycles. The van der Waals surface area contributed by atoms with Crippen LogP contribution < -0.4 is 0 Å². The van der Waals surface area contributed by atoms with E-state index in [-0.39, 0.29) is 25.2 Å². The molecule has 5 nitrogen and oxygen atoms in total. The zero-order valence-electron chi connectivity index (χ0n) is 48.5. The number of esters is 2. The molecule has 0 fully saturated rings. The SMILES string of the molecule is CCCCCCCCC/C=C\CCCCCCCC(=O)OC(CO)COC(=O)CCCCCCCCCCCCCCCCCCCCCCCCCCCCCCCCCCCCCCCCCCC. The van der Waals surface area contributed by atoms with Crippen LogP contribution in [0.5, 0.6) is 0 Å². The Bertz CT molecular complexity index is 1040. The average molecular weight is 1000 g/mol. The molecule has 0 heterocycles. The summed E-state index contributed by atoms with van der Waals surface area (Å²) < 4.78 is 10.7. The number of aliphatic hydroxyl groups excluding tert-OH is 1. The van der Waals surface area contributed by atoms with Crippen molar-refractivity contribution in [3.63, 3.8) is 0 Å². The molecule has 0 aliphatic heterocycles. The number of carbonyl (C=O) groups is 2. The summed E-state index contributed by atoms with van der Waals surface area (Å²) in [5, 5.41) is 9.64. The van der Waals surface area contributed by atoms with E-state index in [2.05, 4.69) is 26.0 Å². The summed E-state index contributed by atoms with van der Waals surface area (Å²) in [6.07, 6.45) is 79.7. The summed E-state index contributed by atoms with van der Waals surface area (Å²) >= 11 is 0. The van der Waals surface area contributed by atoms with Gasteiger partial charge in [0.05, 0.1) is 6.61 Å². The molecule has 1 unspecified atom stereocenters. The van der Waals surface area contributed by atoms with Gasteiger partial charge in [-0.25, -0.2) is 0 Å². The molecule has 71 heavy (non-hydrogen) atoms. The summed E-state index contributed by atoms with van der Waals surface area (Å²) in [5.41, 5.74) is 0. The van der Waals surface area contributed by atoms with Crippen molar-refractivity contribution in [2.75, 3.05) is 13.2 Å². The first-order valence-corrected chi connectivity index (χ1v) is 32.7. The fraction of sp³-hybridized carbons (Fsp3) is 0.939. The number of rotatable bonds is 62. The molecule has 0 bridgehead atoms. The third kappa shape index (κ3) is 61.1. The van der Waals surface area contributed by atoms with Crippen LogP contribution in [0, 0.1) is 0 Å². The second kappa shape index (κ2) is 62.9. The van der Waals surface area contributed by atoms with Crippen LogP contribution in [0.1, 0.15) is 380 Å². The van der Waals surface area contributed by atoms with E-state index in [9.17, 15) is 14.7 Å². The van der Waals surface area contributed by atoms with Gasteiger partial charge in [-0.15, -0.1) is 0 Å². The van der Waals surface area contributed by atoms with Crippen LogP contribution in [0.3, 0.4) is 0 Å². The second-order valence-corrected chi connectivity index (χ2v) is 22.6. The Hall–Kier alpha value is -1.36. The highest BCUT2D eigenvalue weighted by atomic mass is 16.6. The van der Waals surface area contributed by atoms with Gasteiger partial charge < -0.3 is 14.6 Å². The monoisotopic (exact) mass is 1000 g/mol. The van der Waals surface area contributed by atoms with Crippen LogP contribution in [-0.2, 0) is 19.1 Å². The molecule has 0 aromatic rings. The first-order chi connectivity index (χ1) is 35.1. The molecule has 0 rings (SSSR count). The number of unbranched alkanes of at least 4 members (excludes halogenated alkanes) is 52. The normalized spacial score (nSPS) is 12.1. The number of ether oxygens (including phenoxy) is 2. The maximum absolute atomic E-state index is 12.3. The van der Waals surface area contributed by atoms with Crippen LogP contribution in [0.4, 0.5) is 0 Å². The van der Waals surface area contributed by atoms with E-state index < -0.39 is 6.10 Å². The first kappa shape index (κ1) is 69.6. The lowest BCUT2D eigenvalue weighted by Crippen LogP contribution is -2.28. The van der Waals surface area contributed by atoms with Gasteiger partial charge in [-0.05, 0) is 38.5 Å². The maximum Gasteiger partial charge on any atom is 0.306 e. The van der Waals surface area contributed by atoms with Gasteiger partial charge >= 0.3 is 11.9 Å². The maximum atomic E-state index is 12.3. The molecule has 422 valence electrons. The van der Waals surface area contributed by atoms with Gasteiger partial charge in [-0.2, -0.15) is 0 Å². The topological polar surface area (TPSA) is 72.8 Å². The predicted molar refractivity (Wildman–Crippen MR) is 312 cm³/mol. The minimum absolute atomic E-state index is 0.0622. The fourth-order valence-electron chi connectivity index (χ4n) is 10.4. The molecule has 1 atom stereocenters. The number of allylic oxidation sites excluding steroid dienone is 2. The lowest BCUT2D eigenvalue weighted by Gasteiger charge is -2.15. The zero-order chi connectivity index (χ0) is 51.3. The lowest BCUT2D eigenvalue weighted by molar-refractivity contribution is -0.161. The van der Waals surface area contributed by atoms with Crippen molar-refractivity contribution >= 4 is 11.9 Å². The molecular weight excluding hydrogens is 873 g/mol. The van der Waals surface area contributed by atoms with E-state index in [1.165, 1.54) is 315 Å². The molecule has 0 aliphatic carbocycles. The molecule has 5 heteroatoms. The van der Waals surface area contributed by atoms with Gasteiger partial charge in [0.2, 0.25) is 0 Å². The van der Waals surface area contributed by atoms with Gasteiger partial charge in [-0.1, -0.05) is 341 Å². The molecule has 0 spiro atoms. The Morgan fingerprint density at radius 3 is 0.761 bits per heavy atom. The first-order valence-electron chi connectivity index (χ1n) is 32.7. The summed E-state index contributed by atoms with van der Waals surface area (Å²) in [7, 11) is 0. The average Bonchev–Trinajstić information content (AvgIpc) is 3.37. The lowest BCUT2D eigenvalue weighted by atomic mass is 10.0. The predicted octanol–water partition coefficient (Wildman–Crippen LogP) is 22.3. The van der Waals surface area contributed by atoms with Crippen molar-refractivity contribution in [3.8, 4) is 0 Å². The summed E-state index contributed by atoms with van der Waals surface area (Å²) in [4.78, 5) is 24.5. The Balaban J connectivity index is 3.32. The Morgan fingerprint density at radius 2 is 0.521 bits per heavy atom. The molecule has 1 N–H and O–H groups in total. The Morgan fingerprint density at radius 1 is 0.310 bits per heavy atom. The Kier molecular flexibility index (Phi) is 61.7. The minimum Gasteiger partial charge on any atom is -0.462 e. The van der Waals surface area contributed by atoms with E-state index >= 15 is 0 Å². The highest BCUT2D eigenvalue weighted by Gasteiger charge is 2.16. The molecule has 0 saturated heterocycles. The van der Waals surface area contributed by atoms with Gasteiger partial charge in [0.1, 0.15) is 6.61 Å². The standard InChI is InChI=1S/C66H128O5/c1-3-5-7-9-11-13-15-17-19-21-22-23-24-25-26-27-28-29-30-31-32-33-34-35-36-37-38-39-40-41-42-43-44-45-47-48-50-52-54-56-58-60-65(68)70-63-64(62-67)71-66(69)61-59-57-55-53-51-49-46-20-18-16-14-12-10-8-6-4-2/h20,46,64,67H,3-19,21-45,47-63H2,1-2H3/b46-20-. The smallest absolute Gasteiger partial charge is 0.306 e. The highest BCUT2D eigenvalue weighted by Crippen LogP contribution is 2.19. The molecule has 0 aromatic heterocycles. The van der Waals surface area contributed by atoms with Crippen LogP contribution in [0.15, 0.2) is 12.2 Å².